The Morgan fingerprint density at radius 1 is 1.42 bits per heavy atom. The number of ether oxygens (including phenoxy) is 1. The topological polar surface area (TPSA) is 24.5 Å². The maximum atomic E-state index is 6.19. The van der Waals surface area contributed by atoms with Gasteiger partial charge in [0, 0.05) is 6.54 Å². The molecule has 19 heavy (non-hydrogen) atoms. The highest BCUT2D eigenvalue weighted by Gasteiger charge is 2.34. The van der Waals surface area contributed by atoms with Gasteiger partial charge in [-0.15, -0.1) is 0 Å². The molecular formula is C16H24N2O. The summed E-state index contributed by atoms with van der Waals surface area (Å²) in [5.74, 6) is 1.10. The minimum absolute atomic E-state index is 0.204. The summed E-state index contributed by atoms with van der Waals surface area (Å²) < 4.78 is 6.19. The number of likely N-dealkylation sites (tertiary alicyclic amines) is 1. The Hall–Kier alpha value is -1.06. The summed E-state index contributed by atoms with van der Waals surface area (Å²) in [5.41, 5.74) is 3.01. The van der Waals surface area contributed by atoms with Crippen LogP contribution in [0.4, 0.5) is 0 Å². The Balaban J connectivity index is 1.73. The molecule has 1 aromatic rings. The number of benzene rings is 1. The molecule has 0 amide bonds. The minimum Gasteiger partial charge on any atom is -0.491 e. The third kappa shape index (κ3) is 2.49. The molecule has 1 atom stereocenters. The van der Waals surface area contributed by atoms with Crippen LogP contribution in [0.2, 0.25) is 0 Å². The maximum absolute atomic E-state index is 6.19. The first kappa shape index (κ1) is 12.9. The van der Waals surface area contributed by atoms with Gasteiger partial charge in [-0.25, -0.2) is 0 Å². The number of nitrogens with one attached hydrogen (secondary N) is 1. The van der Waals surface area contributed by atoms with E-state index in [1.54, 1.807) is 0 Å². The molecule has 1 aromatic carbocycles. The molecule has 3 heteroatoms. The molecule has 0 radical (unpaired) electrons. The van der Waals surface area contributed by atoms with Gasteiger partial charge in [0.05, 0.1) is 5.54 Å². The summed E-state index contributed by atoms with van der Waals surface area (Å²) in [7, 11) is 2.21. The number of nitrogens with zero attached hydrogens (tertiary/aromatic N) is 1. The molecule has 0 spiro atoms. The van der Waals surface area contributed by atoms with Crippen molar-refractivity contribution in [2.75, 3.05) is 26.7 Å². The van der Waals surface area contributed by atoms with Crippen LogP contribution < -0.4 is 10.1 Å². The average molecular weight is 260 g/mol. The molecule has 2 aliphatic heterocycles. The van der Waals surface area contributed by atoms with Crippen molar-refractivity contribution in [1.29, 1.82) is 0 Å². The number of hydrogen-bond donors (Lipinski definition) is 1. The van der Waals surface area contributed by atoms with Gasteiger partial charge in [0.1, 0.15) is 12.4 Å². The highest BCUT2D eigenvalue weighted by Crippen LogP contribution is 2.30. The molecule has 1 unspecified atom stereocenters. The van der Waals surface area contributed by atoms with Crippen molar-refractivity contribution >= 4 is 0 Å². The summed E-state index contributed by atoms with van der Waals surface area (Å²) in [6.45, 7) is 6.34. The predicted molar refractivity (Wildman–Crippen MR) is 77.6 cm³/mol. The normalized spacial score (nSPS) is 27.3. The second-order valence-electron chi connectivity index (χ2n) is 6.13. The Bertz CT molecular complexity index is 460. The van der Waals surface area contributed by atoms with Gasteiger partial charge in [-0.1, -0.05) is 12.1 Å². The molecule has 1 fully saturated rings. The third-order valence-electron chi connectivity index (χ3n) is 4.77. The van der Waals surface area contributed by atoms with E-state index in [2.05, 4.69) is 42.4 Å². The quantitative estimate of drug-likeness (QED) is 0.901. The number of rotatable bonds is 3. The lowest BCUT2D eigenvalue weighted by molar-refractivity contribution is 0.113. The van der Waals surface area contributed by atoms with Crippen LogP contribution >= 0.6 is 0 Å². The Morgan fingerprint density at radius 3 is 3.11 bits per heavy atom. The van der Waals surface area contributed by atoms with Crippen LogP contribution in [0.3, 0.4) is 0 Å². The summed E-state index contributed by atoms with van der Waals surface area (Å²) in [5, 5.41) is 3.42. The van der Waals surface area contributed by atoms with E-state index < -0.39 is 0 Å². The van der Waals surface area contributed by atoms with Crippen LogP contribution in [-0.4, -0.2) is 37.2 Å². The molecule has 2 heterocycles. The fourth-order valence-corrected chi connectivity index (χ4v) is 3.21. The number of likely N-dealkylation sites (N-methyl/N-ethyl adjacent to an activating group) is 1. The van der Waals surface area contributed by atoms with E-state index in [1.165, 1.54) is 30.5 Å². The first-order chi connectivity index (χ1) is 9.19. The summed E-state index contributed by atoms with van der Waals surface area (Å²) in [6, 6.07) is 6.45. The molecule has 0 aromatic heterocycles. The van der Waals surface area contributed by atoms with Crippen molar-refractivity contribution in [1.82, 2.24) is 10.2 Å². The van der Waals surface area contributed by atoms with Gasteiger partial charge in [0.15, 0.2) is 0 Å². The molecular weight excluding hydrogens is 236 g/mol. The van der Waals surface area contributed by atoms with Crippen molar-refractivity contribution < 1.29 is 4.74 Å². The number of fused-ring (bicyclic) bond motifs is 1. The van der Waals surface area contributed by atoms with E-state index in [0.717, 1.165) is 31.9 Å². The molecule has 104 valence electrons. The summed E-state index contributed by atoms with van der Waals surface area (Å²) in [4.78, 5) is 2.43. The zero-order valence-corrected chi connectivity index (χ0v) is 12.0. The van der Waals surface area contributed by atoms with Crippen molar-refractivity contribution in [3.05, 3.63) is 29.3 Å². The Kier molecular flexibility index (Phi) is 3.50. The number of hydrogen-bond acceptors (Lipinski definition) is 3. The fraction of sp³-hybridized carbons (Fsp3) is 0.625. The van der Waals surface area contributed by atoms with Gasteiger partial charge in [-0.2, -0.15) is 0 Å². The van der Waals surface area contributed by atoms with Crippen LogP contribution in [0.5, 0.6) is 5.75 Å². The van der Waals surface area contributed by atoms with Crippen LogP contribution in [0.25, 0.3) is 0 Å². The Labute approximate surface area is 115 Å². The third-order valence-corrected chi connectivity index (χ3v) is 4.77. The zero-order valence-electron chi connectivity index (χ0n) is 12.0. The van der Waals surface area contributed by atoms with Gasteiger partial charge < -0.3 is 10.1 Å². The van der Waals surface area contributed by atoms with Gasteiger partial charge in [-0.05, 0) is 63.5 Å². The summed E-state index contributed by atoms with van der Waals surface area (Å²) in [6.07, 6.45) is 3.60. The SMILES string of the molecule is CN1CCCC1(C)COc1cccc2c1CCNC2. The molecule has 3 rings (SSSR count). The van der Waals surface area contributed by atoms with Crippen LogP contribution in [0.15, 0.2) is 18.2 Å². The van der Waals surface area contributed by atoms with Crippen LogP contribution in [0, 0.1) is 0 Å². The molecule has 0 aliphatic carbocycles. The first-order valence-electron chi connectivity index (χ1n) is 7.35. The molecule has 0 bridgehead atoms. The van der Waals surface area contributed by atoms with Gasteiger partial charge in [0.2, 0.25) is 0 Å². The lowest BCUT2D eigenvalue weighted by Gasteiger charge is -2.32. The van der Waals surface area contributed by atoms with Crippen molar-refractivity contribution in [2.45, 2.75) is 38.3 Å². The van der Waals surface area contributed by atoms with E-state index in [1.807, 2.05) is 0 Å². The predicted octanol–water partition coefficient (Wildman–Crippen LogP) is 2.20. The first-order valence-corrected chi connectivity index (χ1v) is 7.35. The van der Waals surface area contributed by atoms with E-state index in [4.69, 9.17) is 4.74 Å². The molecule has 2 aliphatic rings. The van der Waals surface area contributed by atoms with Gasteiger partial charge in [-0.3, -0.25) is 4.90 Å². The molecule has 1 N–H and O–H groups in total. The highest BCUT2D eigenvalue weighted by molar-refractivity contribution is 5.41. The van der Waals surface area contributed by atoms with Gasteiger partial charge in [0.25, 0.3) is 0 Å². The van der Waals surface area contributed by atoms with Crippen LogP contribution in [0.1, 0.15) is 30.9 Å². The highest BCUT2D eigenvalue weighted by atomic mass is 16.5. The standard InChI is InChI=1S/C16H24N2O/c1-16(8-4-10-18(16)2)12-19-15-6-3-5-13-11-17-9-7-14(13)15/h3,5-6,17H,4,7-12H2,1-2H3. The molecule has 0 saturated carbocycles. The largest absolute Gasteiger partial charge is 0.491 e. The van der Waals surface area contributed by atoms with Crippen molar-refractivity contribution in [2.24, 2.45) is 0 Å². The molecule has 3 nitrogen and oxygen atoms in total. The van der Waals surface area contributed by atoms with E-state index >= 15 is 0 Å². The Morgan fingerprint density at radius 2 is 2.32 bits per heavy atom. The smallest absolute Gasteiger partial charge is 0.122 e. The lowest BCUT2D eigenvalue weighted by Crippen LogP contribution is -2.43. The van der Waals surface area contributed by atoms with Crippen molar-refractivity contribution in [3.63, 3.8) is 0 Å². The fourth-order valence-electron chi connectivity index (χ4n) is 3.21. The maximum Gasteiger partial charge on any atom is 0.122 e. The lowest BCUT2D eigenvalue weighted by atomic mass is 9.99. The van der Waals surface area contributed by atoms with E-state index in [-0.39, 0.29) is 5.54 Å². The van der Waals surface area contributed by atoms with Crippen LogP contribution in [-0.2, 0) is 13.0 Å². The van der Waals surface area contributed by atoms with E-state index in [9.17, 15) is 0 Å². The van der Waals surface area contributed by atoms with Crippen molar-refractivity contribution in [3.8, 4) is 5.75 Å². The second kappa shape index (κ2) is 5.14. The second-order valence-corrected chi connectivity index (χ2v) is 6.13. The monoisotopic (exact) mass is 260 g/mol. The molecule has 1 saturated heterocycles. The van der Waals surface area contributed by atoms with Gasteiger partial charge >= 0.3 is 0 Å². The zero-order chi connectivity index (χ0) is 13.3. The average Bonchev–Trinajstić information content (AvgIpc) is 2.77. The minimum atomic E-state index is 0.204. The van der Waals surface area contributed by atoms with E-state index in [0.29, 0.717) is 0 Å². The summed E-state index contributed by atoms with van der Waals surface area (Å²) >= 11 is 0.